The summed E-state index contributed by atoms with van der Waals surface area (Å²) in [5.74, 6) is 0.282. The lowest BCUT2D eigenvalue weighted by molar-refractivity contribution is -0.136. The van der Waals surface area contributed by atoms with E-state index in [1.807, 2.05) is 11.8 Å². The highest BCUT2D eigenvalue weighted by atomic mass is 16.2. The lowest BCUT2D eigenvalue weighted by atomic mass is 10.1. The second-order valence-electron chi connectivity index (χ2n) is 5.97. The summed E-state index contributed by atoms with van der Waals surface area (Å²) in [4.78, 5) is 19.1. The van der Waals surface area contributed by atoms with Crippen molar-refractivity contribution in [1.82, 2.24) is 20.0 Å². The summed E-state index contributed by atoms with van der Waals surface area (Å²) in [6.07, 6.45) is 2.55. The van der Waals surface area contributed by atoms with E-state index >= 15 is 0 Å². The standard InChI is InChI=1S/C14H28N4O/c1-12(14(19)18-9-6-15-7-10-18)17(3)11-13-5-4-8-16(13)2/h12-13,15H,4-11H2,1-3H3. The van der Waals surface area contributed by atoms with Gasteiger partial charge in [-0.3, -0.25) is 9.69 Å². The monoisotopic (exact) mass is 268 g/mol. The van der Waals surface area contributed by atoms with E-state index in [1.54, 1.807) is 0 Å². The van der Waals surface area contributed by atoms with Crippen LogP contribution in [0, 0.1) is 0 Å². The van der Waals surface area contributed by atoms with Crippen LogP contribution in [-0.4, -0.2) is 86.1 Å². The minimum absolute atomic E-state index is 0.00731. The number of hydrogen-bond donors (Lipinski definition) is 1. The molecular weight excluding hydrogens is 240 g/mol. The summed E-state index contributed by atoms with van der Waals surface area (Å²) in [6.45, 7) is 7.77. The number of piperazine rings is 1. The molecule has 2 fully saturated rings. The highest BCUT2D eigenvalue weighted by Crippen LogP contribution is 2.16. The van der Waals surface area contributed by atoms with Crippen molar-refractivity contribution in [3.63, 3.8) is 0 Å². The molecule has 2 atom stereocenters. The van der Waals surface area contributed by atoms with Gasteiger partial charge in [0.25, 0.3) is 0 Å². The normalized spacial score (nSPS) is 26.9. The van der Waals surface area contributed by atoms with Gasteiger partial charge in [-0.05, 0) is 40.4 Å². The van der Waals surface area contributed by atoms with E-state index in [0.29, 0.717) is 6.04 Å². The fourth-order valence-electron chi connectivity index (χ4n) is 3.04. The first-order valence-corrected chi connectivity index (χ1v) is 7.49. The van der Waals surface area contributed by atoms with Crippen molar-refractivity contribution >= 4 is 5.91 Å². The number of nitrogens with zero attached hydrogens (tertiary/aromatic N) is 3. The van der Waals surface area contributed by atoms with Crippen LogP contribution in [0.5, 0.6) is 0 Å². The predicted octanol–water partition coefficient (Wildman–Crippen LogP) is -0.167. The molecule has 2 rings (SSSR count). The van der Waals surface area contributed by atoms with Gasteiger partial charge in [0, 0.05) is 38.8 Å². The summed E-state index contributed by atoms with van der Waals surface area (Å²) in [5, 5.41) is 3.29. The Morgan fingerprint density at radius 1 is 1.37 bits per heavy atom. The topological polar surface area (TPSA) is 38.8 Å². The number of likely N-dealkylation sites (N-methyl/N-ethyl adjacent to an activating group) is 2. The molecule has 2 aliphatic heterocycles. The van der Waals surface area contributed by atoms with Crippen molar-refractivity contribution in [2.45, 2.75) is 31.8 Å². The second kappa shape index (κ2) is 6.68. The molecule has 2 heterocycles. The lowest BCUT2D eigenvalue weighted by Crippen LogP contribution is -2.53. The quantitative estimate of drug-likeness (QED) is 0.768. The molecule has 0 saturated carbocycles. The molecular formula is C14H28N4O. The molecule has 0 aliphatic carbocycles. The molecule has 0 aromatic carbocycles. The molecule has 19 heavy (non-hydrogen) atoms. The van der Waals surface area contributed by atoms with Gasteiger partial charge in [-0.15, -0.1) is 0 Å². The van der Waals surface area contributed by atoms with Crippen molar-refractivity contribution in [3.05, 3.63) is 0 Å². The maximum absolute atomic E-state index is 12.4. The van der Waals surface area contributed by atoms with E-state index in [9.17, 15) is 4.79 Å². The zero-order valence-electron chi connectivity index (χ0n) is 12.6. The first kappa shape index (κ1) is 14.8. The highest BCUT2D eigenvalue weighted by Gasteiger charge is 2.28. The summed E-state index contributed by atoms with van der Waals surface area (Å²) >= 11 is 0. The maximum Gasteiger partial charge on any atom is 0.239 e. The minimum Gasteiger partial charge on any atom is -0.339 e. The van der Waals surface area contributed by atoms with E-state index in [1.165, 1.54) is 19.4 Å². The van der Waals surface area contributed by atoms with Crippen LogP contribution in [0.4, 0.5) is 0 Å². The molecule has 1 amide bonds. The first-order chi connectivity index (χ1) is 9.09. The van der Waals surface area contributed by atoms with Crippen molar-refractivity contribution < 1.29 is 4.79 Å². The fourth-order valence-corrected chi connectivity index (χ4v) is 3.04. The van der Waals surface area contributed by atoms with E-state index in [2.05, 4.69) is 29.2 Å². The van der Waals surface area contributed by atoms with Crippen LogP contribution in [0.3, 0.4) is 0 Å². The number of likely N-dealkylation sites (tertiary alicyclic amines) is 1. The van der Waals surface area contributed by atoms with Gasteiger partial charge in [-0.2, -0.15) is 0 Å². The fraction of sp³-hybridized carbons (Fsp3) is 0.929. The number of rotatable bonds is 4. The van der Waals surface area contributed by atoms with Crippen molar-refractivity contribution in [3.8, 4) is 0 Å². The molecule has 0 radical (unpaired) electrons. The predicted molar refractivity (Wildman–Crippen MR) is 77.2 cm³/mol. The number of amides is 1. The number of carbonyl (C=O) groups excluding carboxylic acids is 1. The summed E-state index contributed by atoms with van der Waals surface area (Å²) < 4.78 is 0. The van der Waals surface area contributed by atoms with Crippen LogP contribution in [0.2, 0.25) is 0 Å². The average molecular weight is 268 g/mol. The SMILES string of the molecule is CC(C(=O)N1CCNCC1)N(C)CC1CCCN1C. The molecule has 5 heteroatoms. The smallest absolute Gasteiger partial charge is 0.239 e. The number of nitrogens with one attached hydrogen (secondary N) is 1. The average Bonchev–Trinajstić information content (AvgIpc) is 2.83. The van der Waals surface area contributed by atoms with Crippen molar-refractivity contribution in [2.75, 3.05) is 53.4 Å². The van der Waals surface area contributed by atoms with Crippen molar-refractivity contribution in [2.24, 2.45) is 0 Å². The Balaban J connectivity index is 1.83. The molecule has 110 valence electrons. The second-order valence-corrected chi connectivity index (χ2v) is 5.97. The summed E-state index contributed by atoms with van der Waals surface area (Å²) in [6, 6.07) is 0.607. The van der Waals surface area contributed by atoms with Gasteiger partial charge >= 0.3 is 0 Å². The summed E-state index contributed by atoms with van der Waals surface area (Å²) in [5.41, 5.74) is 0. The molecule has 0 bridgehead atoms. The third-order valence-corrected chi connectivity index (χ3v) is 4.62. The Bertz CT molecular complexity index is 304. The maximum atomic E-state index is 12.4. The van der Waals surface area contributed by atoms with Gasteiger partial charge in [-0.25, -0.2) is 0 Å². The Kier molecular flexibility index (Phi) is 5.19. The van der Waals surface area contributed by atoms with Gasteiger partial charge < -0.3 is 15.1 Å². The van der Waals surface area contributed by atoms with Crippen molar-refractivity contribution in [1.29, 1.82) is 0 Å². The van der Waals surface area contributed by atoms with Gasteiger partial charge in [0.2, 0.25) is 5.91 Å². The lowest BCUT2D eigenvalue weighted by Gasteiger charge is -2.34. The van der Waals surface area contributed by atoms with Crippen LogP contribution in [0.15, 0.2) is 0 Å². The Hall–Kier alpha value is -0.650. The number of hydrogen-bond acceptors (Lipinski definition) is 4. The highest BCUT2D eigenvalue weighted by molar-refractivity contribution is 5.81. The van der Waals surface area contributed by atoms with Crippen LogP contribution in [0.25, 0.3) is 0 Å². The van der Waals surface area contributed by atoms with Gasteiger partial charge in [-0.1, -0.05) is 0 Å². The van der Waals surface area contributed by atoms with Crippen LogP contribution in [-0.2, 0) is 4.79 Å². The molecule has 2 aliphatic rings. The zero-order valence-corrected chi connectivity index (χ0v) is 12.6. The molecule has 2 saturated heterocycles. The third kappa shape index (κ3) is 3.68. The Morgan fingerprint density at radius 3 is 2.63 bits per heavy atom. The zero-order chi connectivity index (χ0) is 13.8. The molecule has 2 unspecified atom stereocenters. The van der Waals surface area contributed by atoms with Gasteiger partial charge in [0.05, 0.1) is 6.04 Å². The Labute approximate surface area is 116 Å². The molecule has 1 N–H and O–H groups in total. The molecule has 0 aromatic rings. The molecule has 5 nitrogen and oxygen atoms in total. The van der Waals surface area contributed by atoms with Gasteiger partial charge in [0.15, 0.2) is 0 Å². The van der Waals surface area contributed by atoms with E-state index < -0.39 is 0 Å². The van der Waals surface area contributed by atoms with Crippen LogP contribution >= 0.6 is 0 Å². The van der Waals surface area contributed by atoms with E-state index in [4.69, 9.17) is 0 Å². The first-order valence-electron chi connectivity index (χ1n) is 7.49. The number of carbonyl (C=O) groups is 1. The molecule has 0 aromatic heterocycles. The minimum atomic E-state index is -0.00731. The Morgan fingerprint density at radius 2 is 2.05 bits per heavy atom. The van der Waals surface area contributed by atoms with E-state index in [-0.39, 0.29) is 11.9 Å². The van der Waals surface area contributed by atoms with E-state index in [0.717, 1.165) is 32.7 Å². The summed E-state index contributed by atoms with van der Waals surface area (Å²) in [7, 11) is 4.27. The largest absolute Gasteiger partial charge is 0.339 e. The van der Waals surface area contributed by atoms with Crippen LogP contribution in [0.1, 0.15) is 19.8 Å². The van der Waals surface area contributed by atoms with Crippen LogP contribution < -0.4 is 5.32 Å². The third-order valence-electron chi connectivity index (χ3n) is 4.62. The molecule has 0 spiro atoms. The van der Waals surface area contributed by atoms with Gasteiger partial charge in [0.1, 0.15) is 0 Å².